The van der Waals surface area contributed by atoms with Crippen molar-refractivity contribution in [1.82, 2.24) is 4.67 Å². The zero-order valence-corrected chi connectivity index (χ0v) is 8.27. The summed E-state index contributed by atoms with van der Waals surface area (Å²) in [6.07, 6.45) is 0.420. The topological polar surface area (TPSA) is 46.6 Å². The van der Waals surface area contributed by atoms with Crippen molar-refractivity contribution in [1.29, 1.82) is 0 Å². The lowest BCUT2D eigenvalue weighted by Crippen LogP contribution is -2.35. The van der Waals surface area contributed by atoms with Gasteiger partial charge in [-0.3, -0.25) is 4.79 Å². The first-order chi connectivity index (χ1) is 5.57. The molecule has 1 aliphatic rings. The maximum absolute atomic E-state index is 11.2. The van der Waals surface area contributed by atoms with Crippen molar-refractivity contribution < 1.29 is 14.3 Å². The van der Waals surface area contributed by atoms with E-state index in [1.165, 1.54) is 11.8 Å². The monoisotopic (exact) mass is 189 g/mol. The lowest BCUT2D eigenvalue weighted by molar-refractivity contribution is -0.146. The van der Waals surface area contributed by atoms with Crippen molar-refractivity contribution in [2.75, 3.05) is 7.11 Å². The van der Waals surface area contributed by atoms with Crippen LogP contribution < -0.4 is 0 Å². The minimum absolute atomic E-state index is 0.0251. The number of esters is 1. The summed E-state index contributed by atoms with van der Waals surface area (Å²) in [6, 6.07) is -0.424. The van der Waals surface area contributed by atoms with E-state index in [9.17, 15) is 9.59 Å². The van der Waals surface area contributed by atoms with Crippen molar-refractivity contribution in [3.8, 4) is 0 Å². The average Bonchev–Trinajstić information content (AvgIpc) is 2.26. The molecular formula is C7H12NO3P. The van der Waals surface area contributed by atoms with E-state index in [0.29, 0.717) is 6.42 Å². The molecule has 68 valence electrons. The molecule has 0 saturated carbocycles. The number of ether oxygens (including phenoxy) is 1. The van der Waals surface area contributed by atoms with Crippen LogP contribution in [-0.4, -0.2) is 29.7 Å². The van der Waals surface area contributed by atoms with E-state index in [4.69, 9.17) is 0 Å². The van der Waals surface area contributed by atoms with Crippen molar-refractivity contribution in [2.24, 2.45) is 5.92 Å². The van der Waals surface area contributed by atoms with E-state index in [-0.39, 0.29) is 17.8 Å². The second kappa shape index (κ2) is 3.40. The quantitative estimate of drug-likeness (QED) is 0.437. The second-order valence-electron chi connectivity index (χ2n) is 2.95. The summed E-state index contributed by atoms with van der Waals surface area (Å²) >= 11 is 0. The van der Waals surface area contributed by atoms with Gasteiger partial charge in [-0.05, 0) is 15.3 Å². The summed E-state index contributed by atoms with van der Waals surface area (Å²) in [4.78, 5) is 22.3. The maximum Gasteiger partial charge on any atom is 0.329 e. The van der Waals surface area contributed by atoms with E-state index < -0.39 is 6.04 Å². The summed E-state index contributed by atoms with van der Waals surface area (Å²) in [7, 11) is 3.59. The molecule has 1 aliphatic heterocycles. The summed E-state index contributed by atoms with van der Waals surface area (Å²) in [6.45, 7) is 1.86. The van der Waals surface area contributed by atoms with Gasteiger partial charge in [-0.1, -0.05) is 6.92 Å². The van der Waals surface area contributed by atoms with Crippen LogP contribution in [0.3, 0.4) is 0 Å². The predicted octanol–water partition coefficient (Wildman–Crippen LogP) is 0.186. The third-order valence-electron chi connectivity index (χ3n) is 2.07. The fourth-order valence-electron chi connectivity index (χ4n) is 1.39. The highest BCUT2D eigenvalue weighted by molar-refractivity contribution is 7.14. The Balaban J connectivity index is 2.76. The third-order valence-corrected chi connectivity index (χ3v) is 2.68. The molecule has 1 amide bonds. The van der Waals surface area contributed by atoms with E-state index in [1.54, 1.807) is 0 Å². The summed E-state index contributed by atoms with van der Waals surface area (Å²) < 4.78 is 5.95. The lowest BCUT2D eigenvalue weighted by Gasteiger charge is -2.19. The minimum Gasteiger partial charge on any atom is -0.467 e. The van der Waals surface area contributed by atoms with Crippen molar-refractivity contribution in [2.45, 2.75) is 19.4 Å². The van der Waals surface area contributed by atoms with Crippen LogP contribution in [0.4, 0.5) is 0 Å². The summed E-state index contributed by atoms with van der Waals surface area (Å²) in [5.74, 6) is -0.325. The molecule has 4 nitrogen and oxygen atoms in total. The van der Waals surface area contributed by atoms with Gasteiger partial charge < -0.3 is 9.41 Å². The third kappa shape index (κ3) is 1.44. The molecule has 0 bridgehead atoms. The number of methoxy groups -OCH3 is 1. The normalized spacial score (nSPS) is 29.2. The fourth-order valence-corrected chi connectivity index (χ4v) is 1.91. The van der Waals surface area contributed by atoms with Gasteiger partial charge in [-0.2, -0.15) is 0 Å². The first-order valence-corrected chi connectivity index (χ1v) is 4.24. The van der Waals surface area contributed by atoms with Gasteiger partial charge in [0.05, 0.1) is 7.11 Å². The van der Waals surface area contributed by atoms with E-state index in [0.717, 1.165) is 0 Å². The number of nitrogens with zero attached hydrogens (tertiary/aromatic N) is 1. The zero-order valence-electron chi connectivity index (χ0n) is 7.11. The van der Waals surface area contributed by atoms with Crippen LogP contribution in [0, 0.1) is 5.92 Å². The van der Waals surface area contributed by atoms with Gasteiger partial charge in [0.25, 0.3) is 0 Å². The Morgan fingerprint density at radius 1 is 1.75 bits per heavy atom. The first kappa shape index (κ1) is 9.46. The van der Waals surface area contributed by atoms with Gasteiger partial charge in [0.2, 0.25) is 5.91 Å². The summed E-state index contributed by atoms with van der Waals surface area (Å²) in [5.41, 5.74) is 0. The molecule has 0 aromatic heterocycles. The van der Waals surface area contributed by atoms with E-state index >= 15 is 0 Å². The molecule has 1 saturated heterocycles. The Bertz CT molecular complexity index is 219. The Morgan fingerprint density at radius 2 is 2.33 bits per heavy atom. The number of hydrogen-bond acceptors (Lipinski definition) is 3. The largest absolute Gasteiger partial charge is 0.467 e. The molecule has 0 aliphatic carbocycles. The van der Waals surface area contributed by atoms with Crippen LogP contribution in [0.15, 0.2) is 0 Å². The van der Waals surface area contributed by atoms with Crippen LogP contribution in [0.5, 0.6) is 0 Å². The predicted molar refractivity (Wildman–Crippen MR) is 46.1 cm³/mol. The van der Waals surface area contributed by atoms with Gasteiger partial charge in [-0.15, -0.1) is 0 Å². The second-order valence-corrected chi connectivity index (χ2v) is 3.51. The molecule has 5 heteroatoms. The van der Waals surface area contributed by atoms with Crippen molar-refractivity contribution in [3.63, 3.8) is 0 Å². The molecule has 1 fully saturated rings. The number of amides is 1. The smallest absolute Gasteiger partial charge is 0.329 e. The molecule has 0 aromatic carbocycles. The molecule has 12 heavy (non-hydrogen) atoms. The van der Waals surface area contributed by atoms with E-state index in [2.05, 4.69) is 14.1 Å². The molecule has 0 N–H and O–H groups in total. The lowest BCUT2D eigenvalue weighted by atomic mass is 10.0. The Morgan fingerprint density at radius 3 is 2.67 bits per heavy atom. The van der Waals surface area contributed by atoms with Crippen LogP contribution in [-0.2, 0) is 14.3 Å². The molecule has 1 heterocycles. The van der Waals surface area contributed by atoms with Crippen molar-refractivity contribution in [3.05, 3.63) is 0 Å². The van der Waals surface area contributed by atoms with Crippen LogP contribution >= 0.6 is 9.39 Å². The summed E-state index contributed by atoms with van der Waals surface area (Å²) in [5, 5.41) is 0. The highest BCUT2D eigenvalue weighted by Gasteiger charge is 2.40. The van der Waals surface area contributed by atoms with Gasteiger partial charge in [0.1, 0.15) is 6.04 Å². The average molecular weight is 189 g/mol. The highest BCUT2D eigenvalue weighted by Crippen LogP contribution is 2.28. The van der Waals surface area contributed by atoms with E-state index in [1.807, 2.05) is 6.92 Å². The molecule has 3 unspecified atom stereocenters. The molecular weight excluding hydrogens is 177 g/mol. The van der Waals surface area contributed by atoms with Crippen molar-refractivity contribution >= 4 is 21.3 Å². The van der Waals surface area contributed by atoms with Crippen LogP contribution in [0.1, 0.15) is 13.3 Å². The minimum atomic E-state index is -0.424. The maximum atomic E-state index is 11.2. The van der Waals surface area contributed by atoms with Crippen LogP contribution in [0.2, 0.25) is 0 Å². The standard InChI is InChI=1S/C7H12NO3P/c1-4-3-5(9)8(12)6(4)7(10)11-2/h4,6H,3,12H2,1-2H3. The molecule has 0 radical (unpaired) electrons. The van der Waals surface area contributed by atoms with Gasteiger partial charge >= 0.3 is 5.97 Å². The number of hydrogen-bond donors (Lipinski definition) is 0. The van der Waals surface area contributed by atoms with Gasteiger partial charge in [0, 0.05) is 6.42 Å². The Hall–Kier alpha value is -0.630. The number of rotatable bonds is 1. The Labute approximate surface area is 73.5 Å². The fraction of sp³-hybridized carbons (Fsp3) is 0.714. The Kier molecular flexibility index (Phi) is 2.68. The van der Waals surface area contributed by atoms with Gasteiger partial charge in [-0.25, -0.2) is 4.79 Å². The van der Waals surface area contributed by atoms with Gasteiger partial charge in [0.15, 0.2) is 0 Å². The molecule has 0 aromatic rings. The molecule has 3 atom stereocenters. The van der Waals surface area contributed by atoms with Crippen LogP contribution in [0.25, 0.3) is 0 Å². The first-order valence-electron chi connectivity index (χ1n) is 3.72. The highest BCUT2D eigenvalue weighted by atomic mass is 31.0. The molecule has 1 rings (SSSR count). The molecule has 0 spiro atoms. The number of carbonyl (C=O) groups excluding carboxylic acids is 2. The number of carbonyl (C=O) groups is 2. The SMILES string of the molecule is COC(=O)C1C(C)CC(=O)N1P. The zero-order chi connectivity index (χ0) is 9.30.